The predicted molar refractivity (Wildman–Crippen MR) is 107 cm³/mol. The zero-order valence-corrected chi connectivity index (χ0v) is 16.5. The highest BCUT2D eigenvalue weighted by molar-refractivity contribution is 5.83. The van der Waals surface area contributed by atoms with Gasteiger partial charge in [0.05, 0.1) is 24.7 Å². The second kappa shape index (κ2) is 9.35. The van der Waals surface area contributed by atoms with Crippen LogP contribution in [-0.2, 0) is 16.1 Å². The van der Waals surface area contributed by atoms with Crippen LogP contribution in [0.1, 0.15) is 24.1 Å². The lowest BCUT2D eigenvalue weighted by Gasteiger charge is -2.33. The van der Waals surface area contributed by atoms with Crippen LogP contribution >= 0.6 is 0 Å². The number of aromatic nitrogens is 1. The lowest BCUT2D eigenvalue weighted by atomic mass is 9.96. The highest BCUT2D eigenvalue weighted by atomic mass is 16.5. The smallest absolute Gasteiger partial charge is 0.227 e. The standard InChI is InChI=1S/C22H27N3O3/c1-17-6-9-20(10-7-17)28-14-13-24(2)22(27)18-8-11-21(26)25(15-18)16-19-5-3-4-12-23-19/h3-7,9-10,12,18H,8,11,13-16H2,1-2H3/t18-/m1/s1. The zero-order chi connectivity index (χ0) is 19.9. The molecule has 6 heteroatoms. The number of piperidine rings is 1. The SMILES string of the molecule is Cc1ccc(OCCN(C)C(=O)[C@@H]2CCC(=O)N(Cc3ccccn3)C2)cc1. The molecule has 1 saturated heterocycles. The summed E-state index contributed by atoms with van der Waals surface area (Å²) >= 11 is 0. The van der Waals surface area contributed by atoms with Crippen molar-refractivity contribution >= 4 is 11.8 Å². The number of amides is 2. The fourth-order valence-electron chi connectivity index (χ4n) is 3.31. The Morgan fingerprint density at radius 2 is 2.04 bits per heavy atom. The van der Waals surface area contributed by atoms with Crippen molar-refractivity contribution in [1.82, 2.24) is 14.8 Å². The van der Waals surface area contributed by atoms with Gasteiger partial charge in [-0.1, -0.05) is 23.8 Å². The summed E-state index contributed by atoms with van der Waals surface area (Å²) in [4.78, 5) is 32.8. The predicted octanol–water partition coefficient (Wildman–Crippen LogP) is 2.67. The molecule has 148 valence electrons. The van der Waals surface area contributed by atoms with E-state index in [4.69, 9.17) is 4.74 Å². The highest BCUT2D eigenvalue weighted by Gasteiger charge is 2.31. The first kappa shape index (κ1) is 19.9. The minimum absolute atomic E-state index is 0.0611. The van der Waals surface area contributed by atoms with Crippen molar-refractivity contribution in [1.29, 1.82) is 0 Å². The number of likely N-dealkylation sites (tertiary alicyclic amines) is 1. The van der Waals surface area contributed by atoms with Crippen LogP contribution in [0.25, 0.3) is 0 Å². The normalized spacial score (nSPS) is 16.7. The fourth-order valence-corrected chi connectivity index (χ4v) is 3.31. The molecule has 0 N–H and O–H groups in total. The van der Waals surface area contributed by atoms with E-state index in [9.17, 15) is 9.59 Å². The first-order valence-electron chi connectivity index (χ1n) is 9.65. The number of aryl methyl sites for hydroxylation is 1. The number of hydrogen-bond donors (Lipinski definition) is 0. The molecule has 0 saturated carbocycles. The number of likely N-dealkylation sites (N-methyl/N-ethyl adjacent to an activating group) is 1. The van der Waals surface area contributed by atoms with E-state index in [0.717, 1.165) is 11.4 Å². The Kier molecular flexibility index (Phi) is 6.63. The molecule has 2 heterocycles. The van der Waals surface area contributed by atoms with E-state index < -0.39 is 0 Å². The third-order valence-electron chi connectivity index (χ3n) is 5.02. The summed E-state index contributed by atoms with van der Waals surface area (Å²) in [7, 11) is 1.79. The highest BCUT2D eigenvalue weighted by Crippen LogP contribution is 2.21. The molecule has 0 aliphatic carbocycles. The van der Waals surface area contributed by atoms with Crippen molar-refractivity contribution < 1.29 is 14.3 Å². The molecular formula is C22H27N3O3. The number of hydrogen-bond acceptors (Lipinski definition) is 4. The summed E-state index contributed by atoms with van der Waals surface area (Å²) in [5, 5.41) is 0. The fraction of sp³-hybridized carbons (Fsp3) is 0.409. The Hall–Kier alpha value is -2.89. The van der Waals surface area contributed by atoms with E-state index in [0.29, 0.717) is 39.1 Å². The largest absolute Gasteiger partial charge is 0.492 e. The molecule has 6 nitrogen and oxygen atoms in total. The number of carbonyl (C=O) groups is 2. The van der Waals surface area contributed by atoms with Crippen LogP contribution < -0.4 is 4.74 Å². The number of carbonyl (C=O) groups excluding carboxylic acids is 2. The van der Waals surface area contributed by atoms with E-state index in [2.05, 4.69) is 4.98 Å². The van der Waals surface area contributed by atoms with Crippen molar-refractivity contribution in [3.63, 3.8) is 0 Å². The summed E-state index contributed by atoms with van der Waals surface area (Å²) < 4.78 is 5.72. The molecule has 1 atom stereocenters. The van der Waals surface area contributed by atoms with Crippen LogP contribution in [0.5, 0.6) is 5.75 Å². The molecule has 1 fully saturated rings. The van der Waals surface area contributed by atoms with Crippen LogP contribution in [0, 0.1) is 12.8 Å². The maximum Gasteiger partial charge on any atom is 0.227 e. The third kappa shape index (κ3) is 5.31. The van der Waals surface area contributed by atoms with Gasteiger partial charge in [-0.15, -0.1) is 0 Å². The molecule has 2 amide bonds. The van der Waals surface area contributed by atoms with Crippen molar-refractivity contribution in [2.45, 2.75) is 26.3 Å². The Morgan fingerprint density at radius 1 is 1.25 bits per heavy atom. The van der Waals surface area contributed by atoms with Crippen LogP contribution in [0.2, 0.25) is 0 Å². The molecule has 1 aromatic carbocycles. The van der Waals surface area contributed by atoms with Crippen LogP contribution in [0.15, 0.2) is 48.7 Å². The number of pyridine rings is 1. The number of nitrogens with zero attached hydrogens (tertiary/aromatic N) is 3. The maximum atomic E-state index is 12.8. The Morgan fingerprint density at radius 3 is 2.75 bits per heavy atom. The monoisotopic (exact) mass is 381 g/mol. The van der Waals surface area contributed by atoms with E-state index in [1.54, 1.807) is 23.0 Å². The summed E-state index contributed by atoms with van der Waals surface area (Å²) in [6, 6.07) is 13.5. The molecule has 1 aromatic heterocycles. The average molecular weight is 381 g/mol. The third-order valence-corrected chi connectivity index (χ3v) is 5.02. The second-order valence-corrected chi connectivity index (χ2v) is 7.25. The lowest BCUT2D eigenvalue weighted by molar-refractivity contribution is -0.143. The first-order chi connectivity index (χ1) is 13.5. The number of ether oxygens (including phenoxy) is 1. The summed E-state index contributed by atoms with van der Waals surface area (Å²) in [6.07, 6.45) is 2.71. The van der Waals surface area contributed by atoms with E-state index >= 15 is 0 Å². The maximum absolute atomic E-state index is 12.8. The lowest BCUT2D eigenvalue weighted by Crippen LogP contribution is -2.46. The van der Waals surface area contributed by atoms with E-state index in [-0.39, 0.29) is 17.7 Å². The summed E-state index contributed by atoms with van der Waals surface area (Å²) in [5.41, 5.74) is 2.02. The van der Waals surface area contributed by atoms with Crippen LogP contribution in [0.4, 0.5) is 0 Å². The van der Waals surface area contributed by atoms with Gasteiger partial charge in [0.1, 0.15) is 12.4 Å². The van der Waals surface area contributed by atoms with Crippen molar-refractivity contribution in [2.75, 3.05) is 26.7 Å². The van der Waals surface area contributed by atoms with Crippen molar-refractivity contribution in [3.05, 3.63) is 59.9 Å². The van der Waals surface area contributed by atoms with Gasteiger partial charge in [-0.05, 0) is 37.6 Å². The summed E-state index contributed by atoms with van der Waals surface area (Å²) in [5.74, 6) is 0.771. The Labute approximate surface area is 166 Å². The van der Waals surface area contributed by atoms with Crippen molar-refractivity contribution in [3.8, 4) is 5.75 Å². The molecule has 0 bridgehead atoms. The van der Waals surface area contributed by atoms with Gasteiger partial charge in [-0.25, -0.2) is 0 Å². The van der Waals surface area contributed by atoms with Gasteiger partial charge in [-0.2, -0.15) is 0 Å². The van der Waals surface area contributed by atoms with Crippen molar-refractivity contribution in [2.24, 2.45) is 5.92 Å². The zero-order valence-electron chi connectivity index (χ0n) is 16.5. The van der Waals surface area contributed by atoms with Gasteiger partial charge in [0.2, 0.25) is 11.8 Å². The number of benzene rings is 1. The Balaban J connectivity index is 1.49. The molecule has 0 spiro atoms. The molecule has 0 unspecified atom stereocenters. The molecular weight excluding hydrogens is 354 g/mol. The van der Waals surface area contributed by atoms with E-state index in [1.165, 1.54) is 5.56 Å². The summed E-state index contributed by atoms with van der Waals surface area (Å²) in [6.45, 7) is 3.87. The van der Waals surface area contributed by atoms with E-state index in [1.807, 2.05) is 49.4 Å². The van der Waals surface area contributed by atoms with Gasteiger partial charge >= 0.3 is 0 Å². The Bertz CT molecular complexity index is 792. The van der Waals surface area contributed by atoms with Gasteiger partial charge in [-0.3, -0.25) is 14.6 Å². The molecule has 0 radical (unpaired) electrons. The number of rotatable bonds is 7. The van der Waals surface area contributed by atoms with Gasteiger partial charge in [0.15, 0.2) is 0 Å². The minimum atomic E-state index is -0.175. The molecule has 1 aliphatic heterocycles. The van der Waals surface area contributed by atoms with Crippen LogP contribution in [0.3, 0.4) is 0 Å². The topological polar surface area (TPSA) is 62.7 Å². The molecule has 28 heavy (non-hydrogen) atoms. The van der Waals surface area contributed by atoms with Gasteiger partial charge < -0.3 is 14.5 Å². The van der Waals surface area contributed by atoms with Gasteiger partial charge in [0.25, 0.3) is 0 Å². The molecule has 2 aromatic rings. The average Bonchev–Trinajstić information content (AvgIpc) is 2.71. The molecule has 1 aliphatic rings. The minimum Gasteiger partial charge on any atom is -0.492 e. The second-order valence-electron chi connectivity index (χ2n) is 7.25. The quantitative estimate of drug-likeness (QED) is 0.740. The molecule has 3 rings (SSSR count). The van der Waals surface area contributed by atoms with Gasteiger partial charge in [0, 0.05) is 26.2 Å². The first-order valence-corrected chi connectivity index (χ1v) is 9.65. The van der Waals surface area contributed by atoms with Crippen LogP contribution in [-0.4, -0.2) is 53.3 Å².